The summed E-state index contributed by atoms with van der Waals surface area (Å²) in [5.41, 5.74) is 5.00. The lowest BCUT2D eigenvalue weighted by Crippen LogP contribution is -2.22. The number of benzene rings is 3. The van der Waals surface area contributed by atoms with Crippen LogP contribution in [0.1, 0.15) is 15.9 Å². The fourth-order valence-corrected chi connectivity index (χ4v) is 4.14. The van der Waals surface area contributed by atoms with Gasteiger partial charge in [0.2, 0.25) is 0 Å². The average molecular weight is 466 g/mol. The molecule has 0 aliphatic heterocycles. The Morgan fingerprint density at radius 3 is 2.62 bits per heavy atom. The topological polar surface area (TPSA) is 71.3 Å². The molecule has 5 aromatic rings. The van der Waals surface area contributed by atoms with Crippen molar-refractivity contribution in [2.45, 2.75) is 11.4 Å². The second kappa shape index (κ2) is 9.80. The first-order valence-electron chi connectivity index (χ1n) is 10.9. The van der Waals surface area contributed by atoms with Crippen LogP contribution in [0, 0.1) is 0 Å². The number of imidazole rings is 1. The number of nitrogens with one attached hydrogen (secondary N) is 2. The van der Waals surface area contributed by atoms with E-state index in [0.717, 1.165) is 34.0 Å². The molecule has 0 aliphatic rings. The van der Waals surface area contributed by atoms with E-state index >= 15 is 0 Å². The van der Waals surface area contributed by atoms with Gasteiger partial charge in [-0.1, -0.05) is 48.5 Å². The molecule has 6 nitrogen and oxygen atoms in total. The first kappa shape index (κ1) is 21.7. The Kier molecular flexibility index (Phi) is 6.27. The summed E-state index contributed by atoms with van der Waals surface area (Å²) in [4.78, 5) is 23.0. The molecule has 0 fully saturated rings. The van der Waals surface area contributed by atoms with Crippen LogP contribution in [-0.2, 0) is 6.54 Å². The highest BCUT2D eigenvalue weighted by molar-refractivity contribution is 7.98. The Morgan fingerprint density at radius 2 is 1.82 bits per heavy atom. The zero-order valence-electron chi connectivity index (χ0n) is 18.6. The molecule has 2 aromatic heterocycles. The van der Waals surface area contributed by atoms with Crippen molar-refractivity contribution in [3.05, 3.63) is 109 Å². The van der Waals surface area contributed by atoms with Gasteiger partial charge in [0.05, 0.1) is 6.20 Å². The molecule has 0 spiro atoms. The van der Waals surface area contributed by atoms with E-state index in [1.165, 1.54) is 4.90 Å². The van der Waals surface area contributed by atoms with Crippen molar-refractivity contribution in [3.63, 3.8) is 0 Å². The first-order chi connectivity index (χ1) is 16.7. The van der Waals surface area contributed by atoms with Crippen molar-refractivity contribution in [2.75, 3.05) is 11.6 Å². The van der Waals surface area contributed by atoms with Crippen LogP contribution >= 0.6 is 11.8 Å². The summed E-state index contributed by atoms with van der Waals surface area (Å²) in [6.45, 7) is 0.480. The monoisotopic (exact) mass is 465 g/mol. The van der Waals surface area contributed by atoms with Gasteiger partial charge in [-0.05, 0) is 42.2 Å². The van der Waals surface area contributed by atoms with Gasteiger partial charge >= 0.3 is 0 Å². The van der Waals surface area contributed by atoms with Crippen LogP contribution in [0.15, 0.2) is 102 Å². The van der Waals surface area contributed by atoms with Gasteiger partial charge < -0.3 is 10.6 Å². The molecule has 2 N–H and O–H groups in total. The number of nitrogens with zero attached hydrogens (tertiary/aromatic N) is 3. The predicted molar refractivity (Wildman–Crippen MR) is 138 cm³/mol. The van der Waals surface area contributed by atoms with Gasteiger partial charge in [-0.15, -0.1) is 11.8 Å². The molecule has 0 saturated carbocycles. The lowest BCUT2D eigenvalue weighted by atomic mass is 10.1. The Hall–Kier alpha value is -4.10. The van der Waals surface area contributed by atoms with E-state index < -0.39 is 0 Å². The van der Waals surface area contributed by atoms with E-state index in [2.05, 4.69) is 46.1 Å². The summed E-state index contributed by atoms with van der Waals surface area (Å²) in [5.74, 6) is 0.693. The maximum absolute atomic E-state index is 12.8. The number of amides is 1. The van der Waals surface area contributed by atoms with Gasteiger partial charge in [-0.2, -0.15) is 0 Å². The molecule has 34 heavy (non-hydrogen) atoms. The fourth-order valence-electron chi connectivity index (χ4n) is 3.73. The van der Waals surface area contributed by atoms with E-state index in [9.17, 15) is 4.79 Å². The van der Waals surface area contributed by atoms with Gasteiger partial charge in [0.1, 0.15) is 11.5 Å². The van der Waals surface area contributed by atoms with Crippen molar-refractivity contribution < 1.29 is 4.79 Å². The van der Waals surface area contributed by atoms with Gasteiger partial charge in [-0.3, -0.25) is 14.2 Å². The minimum atomic E-state index is -0.122. The highest BCUT2D eigenvalue weighted by atomic mass is 32.2. The van der Waals surface area contributed by atoms with Crippen molar-refractivity contribution in [3.8, 4) is 11.3 Å². The molecule has 0 unspecified atom stereocenters. The molecule has 7 heteroatoms. The number of hydrogen-bond donors (Lipinski definition) is 2. The largest absolute Gasteiger partial charge is 0.348 e. The van der Waals surface area contributed by atoms with Crippen molar-refractivity contribution >= 4 is 34.8 Å². The number of fused-ring (bicyclic) bond motifs is 1. The van der Waals surface area contributed by atoms with E-state index in [1.807, 2.05) is 65.2 Å². The Morgan fingerprint density at radius 1 is 1.00 bits per heavy atom. The standard InChI is InChI=1S/C27H23N5OS/c1-34-23-12-10-20(11-13-23)25-26(32-15-14-28-18-24(32)31-25)30-22-9-5-8-21(16-22)27(33)29-17-19-6-3-2-4-7-19/h2-16,18,30H,17H2,1H3,(H,29,33). The minimum Gasteiger partial charge on any atom is -0.348 e. The number of carbonyl (C=O) groups excluding carboxylic acids is 1. The third-order valence-electron chi connectivity index (χ3n) is 5.48. The average Bonchev–Trinajstić information content (AvgIpc) is 3.26. The number of rotatable bonds is 7. The molecule has 0 bridgehead atoms. The number of thioether (sulfide) groups is 1. The van der Waals surface area contributed by atoms with Crippen LogP contribution in [-0.4, -0.2) is 26.5 Å². The lowest BCUT2D eigenvalue weighted by molar-refractivity contribution is 0.0951. The SMILES string of the molecule is CSc1ccc(-c2nc3cnccn3c2Nc2cccc(C(=O)NCc3ccccc3)c2)cc1. The first-order valence-corrected chi connectivity index (χ1v) is 12.1. The summed E-state index contributed by atoms with van der Waals surface area (Å²) in [6.07, 6.45) is 7.40. The Labute approximate surface area is 202 Å². The molecule has 5 rings (SSSR count). The number of aromatic nitrogens is 3. The van der Waals surface area contributed by atoms with Gasteiger partial charge in [-0.25, -0.2) is 4.98 Å². The number of anilines is 2. The minimum absolute atomic E-state index is 0.122. The van der Waals surface area contributed by atoms with Crippen LogP contribution in [0.2, 0.25) is 0 Å². The molecule has 2 heterocycles. The third-order valence-corrected chi connectivity index (χ3v) is 6.22. The van der Waals surface area contributed by atoms with Crippen LogP contribution in [0.4, 0.5) is 11.5 Å². The molecular weight excluding hydrogens is 442 g/mol. The second-order valence-electron chi connectivity index (χ2n) is 7.72. The Bertz CT molecular complexity index is 1430. The van der Waals surface area contributed by atoms with Crippen LogP contribution in [0.3, 0.4) is 0 Å². The van der Waals surface area contributed by atoms with Crippen LogP contribution in [0.25, 0.3) is 16.9 Å². The van der Waals surface area contributed by atoms with E-state index in [-0.39, 0.29) is 5.91 Å². The summed E-state index contributed by atoms with van der Waals surface area (Å²) < 4.78 is 1.97. The molecule has 0 radical (unpaired) electrons. The zero-order valence-corrected chi connectivity index (χ0v) is 19.4. The predicted octanol–water partition coefficient (Wildman–Crippen LogP) is 5.79. The van der Waals surface area contributed by atoms with Crippen molar-refractivity contribution in [1.29, 1.82) is 0 Å². The number of hydrogen-bond acceptors (Lipinski definition) is 5. The molecule has 3 aromatic carbocycles. The lowest BCUT2D eigenvalue weighted by Gasteiger charge is -2.11. The van der Waals surface area contributed by atoms with Gasteiger partial charge in [0.25, 0.3) is 5.91 Å². The normalized spacial score (nSPS) is 10.9. The smallest absolute Gasteiger partial charge is 0.251 e. The van der Waals surface area contributed by atoms with Crippen LogP contribution in [0.5, 0.6) is 0 Å². The Balaban J connectivity index is 1.43. The molecule has 0 atom stereocenters. The molecule has 1 amide bonds. The highest BCUT2D eigenvalue weighted by Crippen LogP contribution is 2.32. The summed E-state index contributed by atoms with van der Waals surface area (Å²) in [7, 11) is 0. The van der Waals surface area contributed by atoms with Crippen molar-refractivity contribution in [1.82, 2.24) is 19.7 Å². The maximum atomic E-state index is 12.8. The number of carbonyl (C=O) groups is 1. The molecule has 0 aliphatic carbocycles. The summed E-state index contributed by atoms with van der Waals surface area (Å²) in [6, 6.07) is 25.7. The quantitative estimate of drug-likeness (QED) is 0.298. The molecule has 168 valence electrons. The summed E-state index contributed by atoms with van der Waals surface area (Å²) in [5, 5.41) is 6.46. The maximum Gasteiger partial charge on any atom is 0.251 e. The van der Waals surface area contributed by atoms with E-state index in [1.54, 1.807) is 24.2 Å². The second-order valence-corrected chi connectivity index (χ2v) is 8.60. The third kappa shape index (κ3) is 4.65. The van der Waals surface area contributed by atoms with E-state index in [4.69, 9.17) is 4.98 Å². The van der Waals surface area contributed by atoms with Crippen LogP contribution < -0.4 is 10.6 Å². The summed E-state index contributed by atoms with van der Waals surface area (Å²) >= 11 is 1.70. The zero-order chi connectivity index (χ0) is 23.3. The molecular formula is C27H23N5OS. The van der Waals surface area contributed by atoms with Gasteiger partial charge in [0, 0.05) is 40.6 Å². The highest BCUT2D eigenvalue weighted by Gasteiger charge is 2.15. The van der Waals surface area contributed by atoms with E-state index in [0.29, 0.717) is 12.1 Å². The fraction of sp³-hybridized carbons (Fsp3) is 0.0741. The van der Waals surface area contributed by atoms with Crippen molar-refractivity contribution in [2.24, 2.45) is 0 Å². The van der Waals surface area contributed by atoms with Gasteiger partial charge in [0.15, 0.2) is 5.65 Å². The molecule has 0 saturated heterocycles.